The van der Waals surface area contributed by atoms with Gasteiger partial charge in [-0.15, -0.1) is 0 Å². The molecule has 32 heavy (non-hydrogen) atoms. The number of furan rings is 1. The maximum Gasteiger partial charge on any atom is 0.332 e. The second-order valence-electron chi connectivity index (χ2n) is 7.09. The van der Waals surface area contributed by atoms with Crippen molar-refractivity contribution in [1.29, 1.82) is 0 Å². The Morgan fingerprint density at radius 3 is 2.50 bits per heavy atom. The number of rotatable bonds is 6. The standard InChI is InChI=1S/C24H20FN3O3S/c1-28(15-16-7-3-2-4-8-16)20-12-11-18(14-19(20)25)32-27-24(30)26-23(29)22-13-17-9-5-6-10-21(17)31-22/h2-14H,15H2,1H3,(H2,26,27,29,30). The molecule has 4 rings (SSSR count). The highest BCUT2D eigenvalue weighted by molar-refractivity contribution is 7.98. The van der Waals surface area contributed by atoms with Crippen LogP contribution in [0.3, 0.4) is 0 Å². The average Bonchev–Trinajstić information content (AvgIpc) is 3.23. The van der Waals surface area contributed by atoms with Gasteiger partial charge in [0.15, 0.2) is 5.76 Å². The molecule has 0 fully saturated rings. The highest BCUT2D eigenvalue weighted by Crippen LogP contribution is 2.25. The Morgan fingerprint density at radius 2 is 1.75 bits per heavy atom. The molecule has 1 heterocycles. The minimum absolute atomic E-state index is 0.0307. The van der Waals surface area contributed by atoms with Crippen molar-refractivity contribution in [3.05, 3.63) is 96.0 Å². The van der Waals surface area contributed by atoms with E-state index in [-0.39, 0.29) is 5.76 Å². The van der Waals surface area contributed by atoms with Crippen molar-refractivity contribution < 1.29 is 18.4 Å². The zero-order valence-corrected chi connectivity index (χ0v) is 18.0. The fourth-order valence-corrected chi connectivity index (χ4v) is 3.75. The summed E-state index contributed by atoms with van der Waals surface area (Å²) in [5, 5.41) is 2.96. The van der Waals surface area contributed by atoms with Crippen LogP contribution in [0.25, 0.3) is 11.0 Å². The Balaban J connectivity index is 1.32. The van der Waals surface area contributed by atoms with Crippen LogP contribution in [0, 0.1) is 5.82 Å². The molecule has 4 aromatic rings. The SMILES string of the molecule is CN(Cc1ccccc1)c1ccc(SNC(=O)NC(=O)c2cc3ccccc3o2)cc1F. The largest absolute Gasteiger partial charge is 0.451 e. The lowest BCUT2D eigenvalue weighted by atomic mass is 10.2. The van der Waals surface area contributed by atoms with E-state index < -0.39 is 17.8 Å². The predicted octanol–water partition coefficient (Wildman–Crippen LogP) is 5.36. The van der Waals surface area contributed by atoms with Gasteiger partial charge in [-0.25, -0.2) is 9.18 Å². The Labute approximate surface area is 188 Å². The number of nitrogens with zero attached hydrogens (tertiary/aromatic N) is 1. The number of halogens is 1. The molecule has 8 heteroatoms. The number of amides is 3. The number of nitrogens with one attached hydrogen (secondary N) is 2. The number of benzene rings is 3. The van der Waals surface area contributed by atoms with Crippen molar-refractivity contribution in [2.45, 2.75) is 11.4 Å². The van der Waals surface area contributed by atoms with Crippen LogP contribution in [0.5, 0.6) is 0 Å². The molecule has 0 saturated carbocycles. The highest BCUT2D eigenvalue weighted by Gasteiger charge is 2.16. The molecule has 0 aliphatic rings. The van der Waals surface area contributed by atoms with E-state index in [4.69, 9.17) is 4.42 Å². The van der Waals surface area contributed by atoms with Crippen molar-refractivity contribution in [2.24, 2.45) is 0 Å². The number of anilines is 1. The summed E-state index contributed by atoms with van der Waals surface area (Å²) >= 11 is 0.906. The van der Waals surface area contributed by atoms with Crippen molar-refractivity contribution in [3.63, 3.8) is 0 Å². The van der Waals surface area contributed by atoms with Crippen LogP contribution in [0.2, 0.25) is 0 Å². The number of imide groups is 1. The lowest BCUT2D eigenvalue weighted by Gasteiger charge is -2.20. The van der Waals surface area contributed by atoms with Gasteiger partial charge in [0, 0.05) is 23.9 Å². The third-order valence-corrected chi connectivity index (χ3v) is 5.51. The van der Waals surface area contributed by atoms with E-state index in [1.54, 1.807) is 36.4 Å². The summed E-state index contributed by atoms with van der Waals surface area (Å²) in [5.74, 6) is -1.04. The molecule has 0 atom stereocenters. The first kappa shape index (κ1) is 21.5. The molecule has 3 aromatic carbocycles. The summed E-state index contributed by atoms with van der Waals surface area (Å²) in [6.45, 7) is 0.564. The summed E-state index contributed by atoms with van der Waals surface area (Å²) in [6.07, 6.45) is 0. The Morgan fingerprint density at radius 1 is 1.00 bits per heavy atom. The first-order valence-electron chi connectivity index (χ1n) is 9.81. The van der Waals surface area contributed by atoms with E-state index in [1.807, 2.05) is 48.3 Å². The van der Waals surface area contributed by atoms with Gasteiger partial charge in [-0.05, 0) is 47.8 Å². The topological polar surface area (TPSA) is 74.6 Å². The smallest absolute Gasteiger partial charge is 0.332 e. The van der Waals surface area contributed by atoms with Crippen LogP contribution in [-0.2, 0) is 6.54 Å². The molecular formula is C24H20FN3O3S. The normalized spacial score (nSPS) is 10.7. The summed E-state index contributed by atoms with van der Waals surface area (Å²) in [4.78, 5) is 26.6. The third kappa shape index (κ3) is 5.09. The van der Waals surface area contributed by atoms with Gasteiger partial charge < -0.3 is 9.32 Å². The minimum Gasteiger partial charge on any atom is -0.451 e. The molecule has 0 spiro atoms. The maximum atomic E-state index is 14.6. The second-order valence-corrected chi connectivity index (χ2v) is 7.97. The summed E-state index contributed by atoms with van der Waals surface area (Å²) in [7, 11) is 1.81. The van der Waals surface area contributed by atoms with Gasteiger partial charge in [-0.3, -0.25) is 14.8 Å². The Kier molecular flexibility index (Phi) is 6.42. The predicted molar refractivity (Wildman–Crippen MR) is 123 cm³/mol. The van der Waals surface area contributed by atoms with Crippen LogP contribution >= 0.6 is 11.9 Å². The minimum atomic E-state index is -0.730. The number of carbonyl (C=O) groups is 2. The van der Waals surface area contributed by atoms with Crippen LogP contribution in [0.1, 0.15) is 16.1 Å². The van der Waals surface area contributed by atoms with Crippen LogP contribution < -0.4 is 14.9 Å². The Bertz CT molecular complexity index is 1230. The summed E-state index contributed by atoms with van der Waals surface area (Å²) < 4.78 is 22.5. The zero-order valence-electron chi connectivity index (χ0n) is 17.2. The second kappa shape index (κ2) is 9.57. The molecule has 0 unspecified atom stereocenters. The lowest BCUT2D eigenvalue weighted by molar-refractivity contribution is 0.0940. The van der Waals surface area contributed by atoms with Gasteiger partial charge in [0.2, 0.25) is 0 Å². The highest BCUT2D eigenvalue weighted by atomic mass is 32.2. The lowest BCUT2D eigenvalue weighted by Crippen LogP contribution is -2.36. The average molecular weight is 450 g/mol. The molecule has 0 radical (unpaired) electrons. The van der Waals surface area contributed by atoms with Gasteiger partial charge in [-0.2, -0.15) is 0 Å². The summed E-state index contributed by atoms with van der Waals surface area (Å²) in [5.41, 5.74) is 2.07. The third-order valence-electron chi connectivity index (χ3n) is 4.73. The number of hydrogen-bond donors (Lipinski definition) is 2. The molecule has 1 aromatic heterocycles. The molecule has 2 N–H and O–H groups in total. The fourth-order valence-electron chi connectivity index (χ4n) is 3.19. The monoisotopic (exact) mass is 449 g/mol. The van der Waals surface area contributed by atoms with E-state index >= 15 is 0 Å². The van der Waals surface area contributed by atoms with E-state index in [9.17, 15) is 14.0 Å². The van der Waals surface area contributed by atoms with Gasteiger partial charge >= 0.3 is 6.03 Å². The molecule has 0 aliphatic heterocycles. The molecule has 6 nitrogen and oxygen atoms in total. The van der Waals surface area contributed by atoms with Crippen LogP contribution in [-0.4, -0.2) is 19.0 Å². The van der Waals surface area contributed by atoms with Crippen molar-refractivity contribution >= 4 is 40.5 Å². The first-order valence-corrected chi connectivity index (χ1v) is 10.6. The van der Waals surface area contributed by atoms with E-state index in [0.717, 1.165) is 22.9 Å². The zero-order chi connectivity index (χ0) is 22.5. The molecule has 0 aliphatic carbocycles. The Hall–Kier alpha value is -3.78. The first-order chi connectivity index (χ1) is 15.5. The fraction of sp³-hybridized carbons (Fsp3) is 0.0833. The van der Waals surface area contributed by atoms with Gasteiger partial charge in [0.05, 0.1) is 5.69 Å². The van der Waals surface area contributed by atoms with Gasteiger partial charge in [-0.1, -0.05) is 48.5 Å². The summed E-state index contributed by atoms with van der Waals surface area (Å²) in [6, 6.07) is 22.5. The number of para-hydroxylation sites is 1. The van der Waals surface area contributed by atoms with Crippen LogP contribution in [0.15, 0.2) is 88.2 Å². The quantitative estimate of drug-likeness (QED) is 0.388. The van der Waals surface area contributed by atoms with Crippen molar-refractivity contribution in [2.75, 3.05) is 11.9 Å². The van der Waals surface area contributed by atoms with E-state index in [1.165, 1.54) is 6.07 Å². The van der Waals surface area contributed by atoms with Gasteiger partial charge in [0.25, 0.3) is 5.91 Å². The molecule has 0 bridgehead atoms. The van der Waals surface area contributed by atoms with Crippen LogP contribution in [0.4, 0.5) is 14.9 Å². The molecule has 0 saturated heterocycles. The maximum absolute atomic E-state index is 14.6. The number of urea groups is 1. The van der Waals surface area contributed by atoms with Crippen molar-refractivity contribution in [1.82, 2.24) is 10.0 Å². The van der Waals surface area contributed by atoms with E-state index in [2.05, 4.69) is 10.0 Å². The van der Waals surface area contributed by atoms with Gasteiger partial charge in [0.1, 0.15) is 11.4 Å². The molecule has 3 amide bonds. The van der Waals surface area contributed by atoms with E-state index in [0.29, 0.717) is 22.7 Å². The number of fused-ring (bicyclic) bond motifs is 1. The number of carbonyl (C=O) groups excluding carboxylic acids is 2. The van der Waals surface area contributed by atoms with Crippen molar-refractivity contribution in [3.8, 4) is 0 Å². The molecular weight excluding hydrogens is 429 g/mol. The molecule has 162 valence electrons. The number of hydrogen-bond acceptors (Lipinski definition) is 5.